The molecule has 2 unspecified atom stereocenters. The third-order valence-corrected chi connectivity index (χ3v) is 6.93. The van der Waals surface area contributed by atoms with Crippen LogP contribution in [0.15, 0.2) is 21.5 Å². The molecule has 106 valence electrons. The van der Waals surface area contributed by atoms with Gasteiger partial charge in [0, 0.05) is 15.3 Å². The Morgan fingerprint density at radius 2 is 1.79 bits per heavy atom. The maximum atomic E-state index is 12.4. The van der Waals surface area contributed by atoms with Crippen molar-refractivity contribution in [3.63, 3.8) is 0 Å². The zero-order valence-corrected chi connectivity index (χ0v) is 15.2. The standard InChI is InChI=1S/C11H11Br2Cl2NO2S/c12-6-4-8(14)11(9(15)5-6)19(17,18)16-10-3-1-2-7(10)13/h4-5,7,10,16H,1-3H2. The number of halogens is 4. The Hall–Kier alpha value is 0.670. The third kappa shape index (κ3) is 3.66. The fourth-order valence-corrected chi connectivity index (χ4v) is 6.23. The van der Waals surface area contributed by atoms with Crippen LogP contribution in [0.25, 0.3) is 0 Å². The number of alkyl halides is 1. The lowest BCUT2D eigenvalue weighted by Gasteiger charge is -2.17. The summed E-state index contributed by atoms with van der Waals surface area (Å²) in [5.41, 5.74) is 0. The van der Waals surface area contributed by atoms with Gasteiger partial charge >= 0.3 is 0 Å². The van der Waals surface area contributed by atoms with E-state index in [2.05, 4.69) is 36.6 Å². The highest BCUT2D eigenvalue weighted by atomic mass is 79.9. The molecule has 2 atom stereocenters. The number of hydrogen-bond donors (Lipinski definition) is 1. The number of benzene rings is 1. The van der Waals surface area contributed by atoms with E-state index in [1.165, 1.54) is 12.1 Å². The first-order valence-electron chi connectivity index (χ1n) is 5.62. The topological polar surface area (TPSA) is 46.2 Å². The molecule has 3 nitrogen and oxygen atoms in total. The average Bonchev–Trinajstić information content (AvgIpc) is 2.61. The van der Waals surface area contributed by atoms with Crippen molar-refractivity contribution in [2.75, 3.05) is 0 Å². The van der Waals surface area contributed by atoms with Crippen molar-refractivity contribution in [2.24, 2.45) is 0 Å². The molecule has 0 radical (unpaired) electrons. The van der Waals surface area contributed by atoms with Crippen LogP contribution in [0.5, 0.6) is 0 Å². The lowest BCUT2D eigenvalue weighted by Crippen LogP contribution is -2.37. The van der Waals surface area contributed by atoms with E-state index < -0.39 is 10.0 Å². The van der Waals surface area contributed by atoms with Gasteiger partial charge in [0.2, 0.25) is 10.0 Å². The SMILES string of the molecule is O=S(=O)(NC1CCCC1Br)c1c(Cl)cc(Br)cc1Cl. The van der Waals surface area contributed by atoms with Gasteiger partial charge in [-0.25, -0.2) is 13.1 Å². The first-order valence-corrected chi connectivity index (χ1v) is 9.57. The highest BCUT2D eigenvalue weighted by molar-refractivity contribution is 9.10. The summed E-state index contributed by atoms with van der Waals surface area (Å²) in [6.45, 7) is 0. The van der Waals surface area contributed by atoms with Crippen LogP contribution < -0.4 is 4.72 Å². The predicted octanol–water partition coefficient (Wildman–Crippen LogP) is 4.35. The van der Waals surface area contributed by atoms with Gasteiger partial charge in [-0.05, 0) is 25.0 Å². The number of rotatable bonds is 3. The summed E-state index contributed by atoms with van der Waals surface area (Å²) in [5.74, 6) is 0. The predicted molar refractivity (Wildman–Crippen MR) is 84.8 cm³/mol. The van der Waals surface area contributed by atoms with Gasteiger partial charge in [0.15, 0.2) is 0 Å². The van der Waals surface area contributed by atoms with Crippen molar-refractivity contribution in [1.82, 2.24) is 4.72 Å². The summed E-state index contributed by atoms with van der Waals surface area (Å²) in [6.07, 6.45) is 2.75. The Kier molecular flexibility index (Phi) is 5.23. The van der Waals surface area contributed by atoms with Crippen LogP contribution in [0.1, 0.15) is 19.3 Å². The van der Waals surface area contributed by atoms with E-state index in [1.54, 1.807) is 0 Å². The first kappa shape index (κ1) is 16.0. The highest BCUT2D eigenvalue weighted by Gasteiger charge is 2.31. The molecule has 19 heavy (non-hydrogen) atoms. The van der Waals surface area contributed by atoms with Crippen molar-refractivity contribution in [3.05, 3.63) is 26.7 Å². The second-order valence-corrected chi connectivity index (χ2v) is 8.93. The summed E-state index contributed by atoms with van der Waals surface area (Å²) in [6, 6.07) is 2.91. The van der Waals surface area contributed by atoms with Gasteiger partial charge in [0.05, 0.1) is 10.0 Å². The summed E-state index contributed by atoms with van der Waals surface area (Å²) in [7, 11) is -3.72. The van der Waals surface area contributed by atoms with E-state index in [0.717, 1.165) is 19.3 Å². The highest BCUT2D eigenvalue weighted by Crippen LogP contribution is 2.34. The maximum absolute atomic E-state index is 12.4. The van der Waals surface area contributed by atoms with Crippen LogP contribution in [-0.4, -0.2) is 19.3 Å². The lowest BCUT2D eigenvalue weighted by atomic mass is 10.3. The van der Waals surface area contributed by atoms with Gasteiger partial charge in [-0.3, -0.25) is 0 Å². The van der Waals surface area contributed by atoms with E-state index in [4.69, 9.17) is 23.2 Å². The van der Waals surface area contributed by atoms with Crippen LogP contribution in [-0.2, 0) is 10.0 Å². The summed E-state index contributed by atoms with van der Waals surface area (Å²) >= 11 is 18.7. The maximum Gasteiger partial charge on any atom is 0.243 e. The van der Waals surface area contributed by atoms with Crippen LogP contribution in [0.3, 0.4) is 0 Å². The van der Waals surface area contributed by atoms with Crippen molar-refractivity contribution >= 4 is 65.1 Å². The van der Waals surface area contributed by atoms with Crippen molar-refractivity contribution in [2.45, 2.75) is 35.0 Å². The molecular formula is C11H11Br2Cl2NO2S. The number of nitrogens with one attached hydrogen (secondary N) is 1. The number of sulfonamides is 1. The molecule has 0 heterocycles. The van der Waals surface area contributed by atoms with Crippen molar-refractivity contribution in [3.8, 4) is 0 Å². The van der Waals surface area contributed by atoms with Crippen LogP contribution in [0.4, 0.5) is 0 Å². The Morgan fingerprint density at radius 1 is 1.21 bits per heavy atom. The van der Waals surface area contributed by atoms with Crippen LogP contribution in [0, 0.1) is 0 Å². The minimum atomic E-state index is -3.72. The Morgan fingerprint density at radius 3 is 2.26 bits per heavy atom. The molecule has 1 fully saturated rings. The summed E-state index contributed by atoms with van der Waals surface area (Å²) in [4.78, 5) is 0.0842. The van der Waals surface area contributed by atoms with Gasteiger partial charge in [-0.1, -0.05) is 61.5 Å². The molecule has 0 spiro atoms. The zero-order valence-electron chi connectivity index (χ0n) is 9.67. The molecule has 2 rings (SSSR count). The minimum Gasteiger partial charge on any atom is -0.207 e. The average molecular weight is 452 g/mol. The van der Waals surface area contributed by atoms with E-state index in [1.807, 2.05) is 0 Å². The van der Waals surface area contributed by atoms with Gasteiger partial charge in [0.25, 0.3) is 0 Å². The minimum absolute atomic E-state index is 0.0642. The molecule has 1 aromatic rings. The van der Waals surface area contributed by atoms with E-state index in [-0.39, 0.29) is 25.8 Å². The normalized spacial score (nSPS) is 23.8. The fraction of sp³-hybridized carbons (Fsp3) is 0.455. The molecule has 0 amide bonds. The molecule has 1 aliphatic rings. The molecule has 0 aliphatic heterocycles. The van der Waals surface area contributed by atoms with Crippen molar-refractivity contribution in [1.29, 1.82) is 0 Å². The molecule has 1 saturated carbocycles. The zero-order chi connectivity index (χ0) is 14.2. The number of hydrogen-bond acceptors (Lipinski definition) is 2. The molecular weight excluding hydrogens is 441 g/mol. The van der Waals surface area contributed by atoms with Gasteiger partial charge in [-0.15, -0.1) is 0 Å². The molecule has 1 aliphatic carbocycles. The fourth-order valence-electron chi connectivity index (χ4n) is 2.09. The first-order chi connectivity index (χ1) is 8.81. The molecule has 0 bridgehead atoms. The quantitative estimate of drug-likeness (QED) is 0.694. The summed E-state index contributed by atoms with van der Waals surface area (Å²) < 4.78 is 28.0. The third-order valence-electron chi connectivity index (χ3n) is 2.97. The largest absolute Gasteiger partial charge is 0.243 e. The monoisotopic (exact) mass is 449 g/mol. The van der Waals surface area contributed by atoms with Gasteiger partial charge < -0.3 is 0 Å². The van der Waals surface area contributed by atoms with Gasteiger partial charge in [-0.2, -0.15) is 0 Å². The Balaban J connectivity index is 2.34. The Bertz CT molecular complexity index is 571. The lowest BCUT2D eigenvalue weighted by molar-refractivity contribution is 0.556. The van der Waals surface area contributed by atoms with Crippen LogP contribution in [0.2, 0.25) is 10.0 Å². The van der Waals surface area contributed by atoms with Crippen LogP contribution >= 0.6 is 55.1 Å². The molecule has 8 heteroatoms. The van der Waals surface area contributed by atoms with E-state index >= 15 is 0 Å². The van der Waals surface area contributed by atoms with E-state index in [9.17, 15) is 8.42 Å². The second-order valence-electron chi connectivity index (χ2n) is 4.37. The molecule has 1 aromatic carbocycles. The molecule has 0 saturated heterocycles. The Labute approximate surface area is 139 Å². The molecule has 0 aromatic heterocycles. The van der Waals surface area contributed by atoms with Gasteiger partial charge in [0.1, 0.15) is 4.90 Å². The summed E-state index contributed by atoms with van der Waals surface area (Å²) in [5, 5.41) is 0.215. The second kappa shape index (κ2) is 6.20. The van der Waals surface area contributed by atoms with E-state index in [0.29, 0.717) is 4.47 Å². The molecule has 1 N–H and O–H groups in total. The smallest absolute Gasteiger partial charge is 0.207 e. The van der Waals surface area contributed by atoms with Crippen molar-refractivity contribution < 1.29 is 8.42 Å².